The average molecular weight is 368 g/mol. The third-order valence-corrected chi connectivity index (χ3v) is 5.22. The minimum atomic E-state index is -3.10. The molecule has 1 fully saturated rings. The first-order chi connectivity index (χ1) is 11.8. The molecule has 1 unspecified atom stereocenters. The summed E-state index contributed by atoms with van der Waals surface area (Å²) in [5.41, 5.74) is 1.17. The van der Waals surface area contributed by atoms with Crippen LogP contribution in [-0.2, 0) is 14.6 Å². The minimum absolute atomic E-state index is 0.442. The van der Waals surface area contributed by atoms with Crippen LogP contribution >= 0.6 is 0 Å². The molecule has 1 saturated heterocycles. The number of allylic oxidation sites excluding steroid dienone is 1. The largest absolute Gasteiger partial charge is 0.478 e. The van der Waals surface area contributed by atoms with E-state index in [0.29, 0.717) is 10.8 Å². The van der Waals surface area contributed by atoms with Gasteiger partial charge in [-0.25, -0.2) is 13.2 Å². The number of aliphatic carboxylic acids is 1. The molecule has 0 aliphatic carbocycles. The second kappa shape index (κ2) is 10.4. The summed E-state index contributed by atoms with van der Waals surface area (Å²) in [6.07, 6.45) is 7.37. The monoisotopic (exact) mass is 367 g/mol. The van der Waals surface area contributed by atoms with E-state index in [1.807, 2.05) is 12.1 Å². The van der Waals surface area contributed by atoms with Crippen molar-refractivity contribution in [3.05, 3.63) is 42.0 Å². The van der Waals surface area contributed by atoms with Gasteiger partial charge in [0.05, 0.1) is 4.90 Å². The van der Waals surface area contributed by atoms with E-state index in [1.54, 1.807) is 13.0 Å². The van der Waals surface area contributed by atoms with E-state index in [4.69, 9.17) is 5.11 Å². The van der Waals surface area contributed by atoms with Gasteiger partial charge in [-0.1, -0.05) is 25.1 Å². The van der Waals surface area contributed by atoms with Crippen molar-refractivity contribution in [3.63, 3.8) is 0 Å². The molecule has 0 radical (unpaired) electrons. The van der Waals surface area contributed by atoms with Crippen molar-refractivity contribution < 1.29 is 18.3 Å². The van der Waals surface area contributed by atoms with Gasteiger partial charge in [0.2, 0.25) is 0 Å². The van der Waals surface area contributed by atoms with E-state index >= 15 is 0 Å². The highest BCUT2D eigenvalue weighted by atomic mass is 32.2. The molecule has 0 aromatic heterocycles. The van der Waals surface area contributed by atoms with Gasteiger partial charge in [-0.2, -0.15) is 0 Å². The number of piperidine rings is 1. The molecule has 0 spiro atoms. The van der Waals surface area contributed by atoms with Gasteiger partial charge < -0.3 is 10.0 Å². The van der Waals surface area contributed by atoms with Crippen LogP contribution in [-0.4, -0.2) is 50.3 Å². The Kier molecular flexibility index (Phi) is 8.86. The number of carboxylic acid groups (broad SMARTS) is 1. The maximum absolute atomic E-state index is 11.6. The molecule has 1 N–H and O–H groups in total. The van der Waals surface area contributed by atoms with Crippen molar-refractivity contribution in [2.75, 3.05) is 25.9 Å². The Balaban J connectivity index is 0.000000450. The van der Waals surface area contributed by atoms with Crippen LogP contribution in [0.1, 0.15) is 44.6 Å². The quantitative estimate of drug-likeness (QED) is 0.808. The first kappa shape index (κ1) is 21.4. The molecular formula is C19H29NO4S. The Labute approximate surface area is 151 Å². The molecule has 1 aromatic carbocycles. The number of rotatable bonds is 5. The van der Waals surface area contributed by atoms with E-state index in [2.05, 4.69) is 17.9 Å². The lowest BCUT2D eigenvalue weighted by Gasteiger charge is -2.32. The minimum Gasteiger partial charge on any atom is -0.478 e. The van der Waals surface area contributed by atoms with Crippen molar-refractivity contribution >= 4 is 15.8 Å². The fraction of sp³-hybridized carbons (Fsp3) is 0.526. The van der Waals surface area contributed by atoms with Gasteiger partial charge in [-0.3, -0.25) is 0 Å². The van der Waals surface area contributed by atoms with Crippen molar-refractivity contribution in [1.29, 1.82) is 0 Å². The summed E-state index contributed by atoms with van der Waals surface area (Å²) in [7, 11) is -3.10. The number of carbonyl (C=O) groups is 1. The van der Waals surface area contributed by atoms with Crippen LogP contribution in [0.2, 0.25) is 0 Å². The molecule has 1 aliphatic rings. The topological polar surface area (TPSA) is 74.7 Å². The summed E-state index contributed by atoms with van der Waals surface area (Å²) in [5, 5.41) is 7.83. The fourth-order valence-corrected chi connectivity index (χ4v) is 3.66. The molecule has 1 aliphatic heterocycles. The average Bonchev–Trinajstić information content (AvgIpc) is 2.55. The molecule has 0 amide bonds. The molecular weight excluding hydrogens is 338 g/mol. The zero-order chi connectivity index (χ0) is 18.9. The Hall–Kier alpha value is -1.66. The number of hydrogen-bond acceptors (Lipinski definition) is 4. The Morgan fingerprint density at radius 2 is 2.12 bits per heavy atom. The molecule has 25 heavy (non-hydrogen) atoms. The summed E-state index contributed by atoms with van der Waals surface area (Å²) in [6.45, 7) is 7.24. The molecule has 0 bridgehead atoms. The maximum atomic E-state index is 11.6. The third-order valence-electron chi connectivity index (χ3n) is 4.11. The Morgan fingerprint density at radius 1 is 1.40 bits per heavy atom. The molecule has 0 saturated carbocycles. The van der Waals surface area contributed by atoms with E-state index in [-0.39, 0.29) is 0 Å². The Morgan fingerprint density at radius 3 is 2.64 bits per heavy atom. The van der Waals surface area contributed by atoms with Crippen LogP contribution in [0.25, 0.3) is 0 Å². The summed E-state index contributed by atoms with van der Waals surface area (Å²) in [6, 6.07) is 7.47. The lowest BCUT2D eigenvalue weighted by atomic mass is 9.90. The summed E-state index contributed by atoms with van der Waals surface area (Å²) in [5.74, 6) is -0.417. The SMILES string of the molecule is C/C=C/C(=O)O.CCCN1CCCC(c2cccc(S(C)(=O)=O)c2)C1. The van der Waals surface area contributed by atoms with Gasteiger partial charge in [0, 0.05) is 18.9 Å². The van der Waals surface area contributed by atoms with Gasteiger partial charge in [-0.15, -0.1) is 0 Å². The second-order valence-corrected chi connectivity index (χ2v) is 8.34. The van der Waals surface area contributed by atoms with Crippen LogP contribution in [0.3, 0.4) is 0 Å². The number of sulfone groups is 1. The molecule has 140 valence electrons. The molecule has 1 atom stereocenters. The lowest BCUT2D eigenvalue weighted by molar-refractivity contribution is -0.131. The van der Waals surface area contributed by atoms with Crippen molar-refractivity contribution in [1.82, 2.24) is 4.90 Å². The van der Waals surface area contributed by atoms with Gasteiger partial charge in [0.25, 0.3) is 0 Å². The van der Waals surface area contributed by atoms with Crippen molar-refractivity contribution in [2.45, 2.75) is 43.9 Å². The lowest BCUT2D eigenvalue weighted by Crippen LogP contribution is -2.34. The van der Waals surface area contributed by atoms with Crippen molar-refractivity contribution in [3.8, 4) is 0 Å². The highest BCUT2D eigenvalue weighted by molar-refractivity contribution is 7.90. The second-order valence-electron chi connectivity index (χ2n) is 6.32. The first-order valence-electron chi connectivity index (χ1n) is 8.66. The number of benzene rings is 1. The Bertz CT molecular complexity index is 680. The van der Waals surface area contributed by atoms with Crippen LogP contribution < -0.4 is 0 Å². The summed E-state index contributed by atoms with van der Waals surface area (Å²) in [4.78, 5) is 12.4. The molecule has 6 heteroatoms. The predicted molar refractivity (Wildman–Crippen MR) is 101 cm³/mol. The normalized spacial score (nSPS) is 18.6. The van der Waals surface area contributed by atoms with E-state index in [1.165, 1.54) is 37.3 Å². The summed E-state index contributed by atoms with van der Waals surface area (Å²) >= 11 is 0. The summed E-state index contributed by atoms with van der Waals surface area (Å²) < 4.78 is 23.2. The van der Waals surface area contributed by atoms with Crippen LogP contribution in [0.5, 0.6) is 0 Å². The first-order valence-corrected chi connectivity index (χ1v) is 10.5. The molecule has 1 heterocycles. The molecule has 5 nitrogen and oxygen atoms in total. The number of nitrogens with zero attached hydrogens (tertiary/aromatic N) is 1. The van der Waals surface area contributed by atoms with E-state index < -0.39 is 15.8 Å². The van der Waals surface area contributed by atoms with Crippen molar-refractivity contribution in [2.24, 2.45) is 0 Å². The van der Waals surface area contributed by atoms with Gasteiger partial charge >= 0.3 is 5.97 Å². The molecule has 2 rings (SSSR count). The van der Waals surface area contributed by atoms with E-state index in [0.717, 1.165) is 25.6 Å². The molecule has 1 aromatic rings. The van der Waals surface area contributed by atoms with E-state index in [9.17, 15) is 13.2 Å². The van der Waals surface area contributed by atoms with Gasteiger partial charge in [0.15, 0.2) is 9.84 Å². The van der Waals surface area contributed by atoms with Gasteiger partial charge in [-0.05, 0) is 62.9 Å². The fourth-order valence-electron chi connectivity index (χ4n) is 2.99. The highest BCUT2D eigenvalue weighted by Gasteiger charge is 2.21. The van der Waals surface area contributed by atoms with Gasteiger partial charge in [0.1, 0.15) is 0 Å². The predicted octanol–water partition coefficient (Wildman–Crippen LogP) is 3.33. The highest BCUT2D eigenvalue weighted by Crippen LogP contribution is 2.28. The number of hydrogen-bond donors (Lipinski definition) is 1. The third kappa shape index (κ3) is 7.84. The van der Waals surface area contributed by atoms with Crippen LogP contribution in [0.4, 0.5) is 0 Å². The maximum Gasteiger partial charge on any atom is 0.327 e. The zero-order valence-corrected chi connectivity index (χ0v) is 16.1. The number of carboxylic acids is 1. The van der Waals surface area contributed by atoms with Crippen LogP contribution in [0.15, 0.2) is 41.3 Å². The zero-order valence-electron chi connectivity index (χ0n) is 15.3. The number of likely N-dealkylation sites (tertiary alicyclic amines) is 1. The smallest absolute Gasteiger partial charge is 0.327 e. The standard InChI is InChI=1S/C15H23NO2S.C4H6O2/c1-3-9-16-10-5-7-14(12-16)13-6-4-8-15(11-13)19(2,17)18;1-2-3-4(5)6/h4,6,8,11,14H,3,5,7,9-10,12H2,1-2H3;2-3H,1H3,(H,5,6)/b;3-2+. The van der Waals surface area contributed by atoms with Crippen LogP contribution in [0, 0.1) is 0 Å².